The Morgan fingerprint density at radius 3 is 2.78 bits per heavy atom. The molecule has 0 amide bonds. The maximum absolute atomic E-state index is 4.39. The molecule has 1 fully saturated rings. The Bertz CT molecular complexity index is 370. The largest absolute Gasteiger partial charge is 0.310 e. The van der Waals surface area contributed by atoms with Gasteiger partial charge in [0.25, 0.3) is 0 Å². The van der Waals surface area contributed by atoms with Crippen molar-refractivity contribution in [2.24, 2.45) is 11.8 Å². The van der Waals surface area contributed by atoms with Gasteiger partial charge in [0.2, 0.25) is 0 Å². The van der Waals surface area contributed by atoms with Crippen molar-refractivity contribution in [2.75, 3.05) is 0 Å². The molecule has 1 heterocycles. The zero-order valence-electron chi connectivity index (χ0n) is 12.2. The molecule has 3 heteroatoms. The van der Waals surface area contributed by atoms with Gasteiger partial charge in [-0.05, 0) is 38.5 Å². The molecule has 3 atom stereocenters. The first-order valence-electron chi connectivity index (χ1n) is 7.38. The van der Waals surface area contributed by atoms with Gasteiger partial charge in [-0.25, -0.2) is 0 Å². The van der Waals surface area contributed by atoms with E-state index in [1.165, 1.54) is 24.8 Å². The Hall–Kier alpha value is -0.830. The van der Waals surface area contributed by atoms with Gasteiger partial charge in [-0.15, -0.1) is 0 Å². The molecule has 0 bridgehead atoms. The molecule has 3 unspecified atom stereocenters. The van der Waals surface area contributed by atoms with E-state index in [9.17, 15) is 0 Å². The van der Waals surface area contributed by atoms with Gasteiger partial charge in [0.15, 0.2) is 0 Å². The van der Waals surface area contributed by atoms with E-state index >= 15 is 0 Å². The second-order valence-electron chi connectivity index (χ2n) is 6.01. The summed E-state index contributed by atoms with van der Waals surface area (Å²) in [5, 5.41) is 8.10. The fourth-order valence-electron chi connectivity index (χ4n) is 3.11. The van der Waals surface area contributed by atoms with Crippen LogP contribution in [0.15, 0.2) is 12.4 Å². The van der Waals surface area contributed by atoms with Gasteiger partial charge in [-0.1, -0.05) is 20.3 Å². The van der Waals surface area contributed by atoms with Gasteiger partial charge in [-0.2, -0.15) is 5.10 Å². The van der Waals surface area contributed by atoms with Crippen LogP contribution in [0.4, 0.5) is 0 Å². The lowest BCUT2D eigenvalue weighted by atomic mass is 9.93. The fraction of sp³-hybridized carbons (Fsp3) is 0.800. The monoisotopic (exact) mass is 249 g/mol. The van der Waals surface area contributed by atoms with Gasteiger partial charge in [-0.3, -0.25) is 4.68 Å². The molecule has 1 aromatic rings. The van der Waals surface area contributed by atoms with Crippen LogP contribution in [0.2, 0.25) is 0 Å². The third kappa shape index (κ3) is 2.94. The van der Waals surface area contributed by atoms with E-state index in [0.717, 1.165) is 18.4 Å². The lowest BCUT2D eigenvalue weighted by Gasteiger charge is -2.20. The maximum atomic E-state index is 4.39. The van der Waals surface area contributed by atoms with E-state index in [4.69, 9.17) is 0 Å². The van der Waals surface area contributed by atoms with Crippen LogP contribution < -0.4 is 5.32 Å². The number of hydrogen-bond acceptors (Lipinski definition) is 2. The summed E-state index contributed by atoms with van der Waals surface area (Å²) < 4.78 is 2.03. The lowest BCUT2D eigenvalue weighted by Crippen LogP contribution is -2.32. The molecule has 1 aliphatic rings. The van der Waals surface area contributed by atoms with Crippen molar-refractivity contribution < 1.29 is 0 Å². The first-order chi connectivity index (χ1) is 8.61. The summed E-state index contributed by atoms with van der Waals surface area (Å²) in [5.41, 5.74) is 1.30. The number of aromatic nitrogens is 2. The third-order valence-electron chi connectivity index (χ3n) is 4.50. The van der Waals surface area contributed by atoms with E-state index in [1.54, 1.807) is 0 Å². The minimum absolute atomic E-state index is 0.452. The first kappa shape index (κ1) is 13.6. The Kier molecular flexibility index (Phi) is 4.44. The molecule has 0 spiro atoms. The minimum atomic E-state index is 0.452. The highest BCUT2D eigenvalue weighted by Gasteiger charge is 2.30. The van der Waals surface area contributed by atoms with Crippen molar-refractivity contribution in [1.29, 1.82) is 0 Å². The molecule has 1 saturated carbocycles. The summed E-state index contributed by atoms with van der Waals surface area (Å²) in [7, 11) is 0. The molecule has 0 aromatic carbocycles. The molecule has 2 rings (SSSR count). The predicted molar refractivity (Wildman–Crippen MR) is 75.4 cm³/mol. The summed E-state index contributed by atoms with van der Waals surface area (Å²) in [6.45, 7) is 9.99. The van der Waals surface area contributed by atoms with Gasteiger partial charge < -0.3 is 5.32 Å². The molecule has 0 saturated heterocycles. The van der Waals surface area contributed by atoms with Crippen LogP contribution in [-0.4, -0.2) is 15.8 Å². The normalized spacial score (nSPS) is 28.2. The van der Waals surface area contributed by atoms with E-state index in [2.05, 4.69) is 44.3 Å². The molecule has 102 valence electrons. The average Bonchev–Trinajstić information content (AvgIpc) is 2.93. The summed E-state index contributed by atoms with van der Waals surface area (Å²) >= 11 is 0. The number of rotatable bonds is 5. The van der Waals surface area contributed by atoms with Crippen molar-refractivity contribution in [1.82, 2.24) is 15.1 Å². The second-order valence-corrected chi connectivity index (χ2v) is 6.01. The van der Waals surface area contributed by atoms with E-state index < -0.39 is 0 Å². The average molecular weight is 249 g/mol. The minimum Gasteiger partial charge on any atom is -0.310 e. The summed E-state index contributed by atoms with van der Waals surface area (Å²) in [5.74, 6) is 1.73. The highest BCUT2D eigenvalue weighted by Crippen LogP contribution is 2.33. The first-order valence-corrected chi connectivity index (χ1v) is 7.38. The van der Waals surface area contributed by atoms with Crippen LogP contribution >= 0.6 is 0 Å². The second kappa shape index (κ2) is 5.87. The Labute approximate surface area is 111 Å². The van der Waals surface area contributed by atoms with Crippen LogP contribution in [0.1, 0.15) is 58.6 Å². The maximum Gasteiger partial charge on any atom is 0.0534 e. The van der Waals surface area contributed by atoms with Crippen molar-refractivity contribution in [3.63, 3.8) is 0 Å². The van der Waals surface area contributed by atoms with Gasteiger partial charge >= 0.3 is 0 Å². The van der Waals surface area contributed by atoms with Crippen molar-refractivity contribution in [3.05, 3.63) is 18.0 Å². The Balaban J connectivity index is 1.84. The van der Waals surface area contributed by atoms with Crippen molar-refractivity contribution >= 4 is 0 Å². The Morgan fingerprint density at radius 1 is 1.44 bits per heavy atom. The number of hydrogen-bond donors (Lipinski definition) is 1. The van der Waals surface area contributed by atoms with Crippen LogP contribution in [0.3, 0.4) is 0 Å². The summed E-state index contributed by atoms with van der Waals surface area (Å²) in [6.07, 6.45) is 8.20. The predicted octanol–water partition coefficient (Wildman–Crippen LogP) is 3.38. The SMILES string of the molecule is CCC1CCC(NCc2cnn(C(C)C)c2)C1C. The van der Waals surface area contributed by atoms with Crippen LogP contribution in [0, 0.1) is 11.8 Å². The Morgan fingerprint density at radius 2 is 2.22 bits per heavy atom. The molecule has 0 aliphatic heterocycles. The molecule has 18 heavy (non-hydrogen) atoms. The van der Waals surface area contributed by atoms with E-state index in [0.29, 0.717) is 12.1 Å². The molecule has 1 aliphatic carbocycles. The van der Waals surface area contributed by atoms with Gasteiger partial charge in [0.1, 0.15) is 0 Å². The van der Waals surface area contributed by atoms with E-state index in [-0.39, 0.29) is 0 Å². The topological polar surface area (TPSA) is 29.9 Å². The summed E-state index contributed by atoms with van der Waals surface area (Å²) in [6, 6.07) is 1.14. The van der Waals surface area contributed by atoms with Crippen LogP contribution in [-0.2, 0) is 6.54 Å². The quantitative estimate of drug-likeness (QED) is 0.867. The standard InChI is InChI=1S/C15H27N3/c1-5-14-6-7-15(12(14)4)16-8-13-9-17-18(10-13)11(2)3/h9-12,14-16H,5-8H2,1-4H3. The van der Waals surface area contributed by atoms with Crippen molar-refractivity contribution in [2.45, 2.75) is 65.6 Å². The fourth-order valence-corrected chi connectivity index (χ4v) is 3.11. The zero-order chi connectivity index (χ0) is 13.1. The molecule has 1 N–H and O–H groups in total. The lowest BCUT2D eigenvalue weighted by molar-refractivity contribution is 0.344. The molecular weight excluding hydrogens is 222 g/mol. The number of nitrogens with zero attached hydrogens (tertiary/aromatic N) is 2. The van der Waals surface area contributed by atoms with Crippen molar-refractivity contribution in [3.8, 4) is 0 Å². The summed E-state index contributed by atoms with van der Waals surface area (Å²) in [4.78, 5) is 0. The van der Waals surface area contributed by atoms with E-state index in [1.807, 2.05) is 10.9 Å². The highest BCUT2D eigenvalue weighted by molar-refractivity contribution is 5.04. The molecule has 3 nitrogen and oxygen atoms in total. The van der Waals surface area contributed by atoms with Crippen LogP contribution in [0.5, 0.6) is 0 Å². The smallest absolute Gasteiger partial charge is 0.0534 e. The van der Waals surface area contributed by atoms with Gasteiger partial charge in [0.05, 0.1) is 6.20 Å². The third-order valence-corrected chi connectivity index (χ3v) is 4.50. The number of nitrogens with one attached hydrogen (secondary N) is 1. The highest BCUT2D eigenvalue weighted by atomic mass is 15.3. The zero-order valence-corrected chi connectivity index (χ0v) is 12.2. The molecular formula is C15H27N3. The molecule has 0 radical (unpaired) electrons. The molecule has 1 aromatic heterocycles. The van der Waals surface area contributed by atoms with Gasteiger partial charge in [0, 0.05) is 30.4 Å². The van der Waals surface area contributed by atoms with Crippen LogP contribution in [0.25, 0.3) is 0 Å².